The van der Waals surface area contributed by atoms with E-state index in [-0.39, 0.29) is 18.2 Å². The number of Topliss-reactive ketones (excluding diaryl/α,β-unsaturated/α-hetero) is 1. The van der Waals surface area contributed by atoms with Gasteiger partial charge in [0.05, 0.1) is 5.75 Å². The molecule has 0 aliphatic rings. The minimum atomic E-state index is -0.0738. The summed E-state index contributed by atoms with van der Waals surface area (Å²) >= 11 is 1.49. The summed E-state index contributed by atoms with van der Waals surface area (Å²) in [6.07, 6.45) is 3.70. The third kappa shape index (κ3) is 5.39. The fourth-order valence-corrected chi connectivity index (χ4v) is 2.42. The van der Waals surface area contributed by atoms with Gasteiger partial charge < -0.3 is 5.32 Å². The number of anilines is 1. The lowest BCUT2D eigenvalue weighted by Gasteiger charge is -2.04. The summed E-state index contributed by atoms with van der Waals surface area (Å²) in [6.45, 7) is 1.85. The standard InChI is InChI=1S/C16H16N2O2S/c1-13(19)12-21-15-7-5-14(6-8-15)17-16(20)11-18-9-3-2-4-10-18/h2-10H,11-12H2,1H3/p+1. The summed E-state index contributed by atoms with van der Waals surface area (Å²) in [5, 5.41) is 2.85. The van der Waals surface area contributed by atoms with Gasteiger partial charge in [-0.3, -0.25) is 9.59 Å². The summed E-state index contributed by atoms with van der Waals surface area (Å²) in [4.78, 5) is 23.8. The van der Waals surface area contributed by atoms with Crippen LogP contribution in [0.1, 0.15) is 6.92 Å². The Labute approximate surface area is 128 Å². The Balaban J connectivity index is 1.88. The van der Waals surface area contributed by atoms with Gasteiger partial charge in [0.2, 0.25) is 6.54 Å². The Kier molecular flexibility index (Phi) is 5.51. The molecule has 0 radical (unpaired) electrons. The molecular formula is C16H17N2O2S+. The molecule has 5 heteroatoms. The average molecular weight is 301 g/mol. The van der Waals surface area contributed by atoms with Crippen molar-refractivity contribution in [1.82, 2.24) is 0 Å². The molecular weight excluding hydrogens is 284 g/mol. The highest BCUT2D eigenvalue weighted by atomic mass is 32.2. The number of hydrogen-bond acceptors (Lipinski definition) is 3. The molecule has 0 atom stereocenters. The van der Waals surface area contributed by atoms with Crippen molar-refractivity contribution in [3.8, 4) is 0 Å². The lowest BCUT2D eigenvalue weighted by molar-refractivity contribution is -0.684. The number of amides is 1. The van der Waals surface area contributed by atoms with Crippen LogP contribution in [-0.4, -0.2) is 17.4 Å². The molecule has 1 N–H and O–H groups in total. The molecule has 0 aliphatic carbocycles. The number of carbonyl (C=O) groups is 2. The third-order valence-corrected chi connectivity index (χ3v) is 3.84. The predicted molar refractivity (Wildman–Crippen MR) is 83.1 cm³/mol. The van der Waals surface area contributed by atoms with Crippen molar-refractivity contribution in [2.75, 3.05) is 11.1 Å². The van der Waals surface area contributed by atoms with Gasteiger partial charge in [-0.15, -0.1) is 11.8 Å². The van der Waals surface area contributed by atoms with E-state index in [1.54, 1.807) is 6.92 Å². The lowest BCUT2D eigenvalue weighted by Crippen LogP contribution is -2.39. The van der Waals surface area contributed by atoms with Crippen LogP contribution in [0.4, 0.5) is 5.69 Å². The molecule has 108 valence electrons. The van der Waals surface area contributed by atoms with E-state index in [4.69, 9.17) is 0 Å². The van der Waals surface area contributed by atoms with E-state index in [0.717, 1.165) is 10.6 Å². The first kappa shape index (κ1) is 15.3. The van der Waals surface area contributed by atoms with Crippen molar-refractivity contribution in [3.63, 3.8) is 0 Å². The van der Waals surface area contributed by atoms with Gasteiger partial charge >= 0.3 is 0 Å². The first-order valence-corrected chi connectivity index (χ1v) is 7.58. The summed E-state index contributed by atoms with van der Waals surface area (Å²) in [7, 11) is 0. The van der Waals surface area contributed by atoms with Gasteiger partial charge in [-0.05, 0) is 31.2 Å². The zero-order chi connectivity index (χ0) is 15.1. The Morgan fingerprint density at radius 3 is 2.38 bits per heavy atom. The van der Waals surface area contributed by atoms with Crippen LogP contribution < -0.4 is 9.88 Å². The Hall–Kier alpha value is -2.14. The second-order valence-corrected chi connectivity index (χ2v) is 5.66. The van der Waals surface area contributed by atoms with E-state index in [1.165, 1.54) is 11.8 Å². The van der Waals surface area contributed by atoms with Crippen LogP contribution in [0, 0.1) is 0 Å². The Bertz CT molecular complexity index is 612. The summed E-state index contributed by atoms with van der Waals surface area (Å²) in [6, 6.07) is 13.2. The molecule has 0 spiro atoms. The zero-order valence-electron chi connectivity index (χ0n) is 11.8. The smallest absolute Gasteiger partial charge is 0.290 e. The maximum absolute atomic E-state index is 11.9. The van der Waals surface area contributed by atoms with Crippen LogP contribution in [0.2, 0.25) is 0 Å². The largest absolute Gasteiger partial charge is 0.321 e. The van der Waals surface area contributed by atoms with Gasteiger partial charge in [-0.1, -0.05) is 6.07 Å². The number of benzene rings is 1. The van der Waals surface area contributed by atoms with Crippen molar-refractivity contribution >= 4 is 29.1 Å². The van der Waals surface area contributed by atoms with E-state index < -0.39 is 0 Å². The minimum absolute atomic E-state index is 0.0738. The number of hydrogen-bond donors (Lipinski definition) is 1. The second kappa shape index (κ2) is 7.59. The maximum Gasteiger partial charge on any atom is 0.290 e. The maximum atomic E-state index is 11.9. The number of rotatable bonds is 6. The van der Waals surface area contributed by atoms with Crippen LogP contribution in [0.3, 0.4) is 0 Å². The van der Waals surface area contributed by atoms with Gasteiger partial charge in [0.15, 0.2) is 12.4 Å². The van der Waals surface area contributed by atoms with Crippen LogP contribution in [0.25, 0.3) is 0 Å². The molecule has 1 aromatic heterocycles. The molecule has 21 heavy (non-hydrogen) atoms. The molecule has 0 saturated heterocycles. The second-order valence-electron chi connectivity index (χ2n) is 4.61. The Morgan fingerprint density at radius 1 is 1.10 bits per heavy atom. The molecule has 1 aromatic carbocycles. The Morgan fingerprint density at radius 2 is 1.76 bits per heavy atom. The number of nitrogens with zero attached hydrogens (tertiary/aromatic N) is 1. The fourth-order valence-electron chi connectivity index (χ4n) is 1.73. The molecule has 0 aliphatic heterocycles. The van der Waals surface area contributed by atoms with Crippen LogP contribution in [0.5, 0.6) is 0 Å². The van der Waals surface area contributed by atoms with Crippen molar-refractivity contribution in [3.05, 3.63) is 54.9 Å². The van der Waals surface area contributed by atoms with E-state index in [9.17, 15) is 9.59 Å². The van der Waals surface area contributed by atoms with Crippen LogP contribution in [-0.2, 0) is 16.1 Å². The topological polar surface area (TPSA) is 50.1 Å². The first-order chi connectivity index (χ1) is 10.1. The molecule has 0 unspecified atom stereocenters. The summed E-state index contributed by atoms with van der Waals surface area (Å²) in [5.74, 6) is 0.545. The van der Waals surface area contributed by atoms with Gasteiger partial charge in [0, 0.05) is 22.7 Å². The fraction of sp³-hybridized carbons (Fsp3) is 0.188. The van der Waals surface area contributed by atoms with E-state index in [2.05, 4.69) is 5.32 Å². The first-order valence-electron chi connectivity index (χ1n) is 6.60. The highest BCUT2D eigenvalue weighted by Crippen LogP contribution is 2.20. The van der Waals surface area contributed by atoms with Crippen LogP contribution >= 0.6 is 11.8 Å². The van der Waals surface area contributed by atoms with Crippen molar-refractivity contribution in [1.29, 1.82) is 0 Å². The van der Waals surface area contributed by atoms with Crippen LogP contribution in [0.15, 0.2) is 59.8 Å². The third-order valence-electron chi connectivity index (χ3n) is 2.68. The SMILES string of the molecule is CC(=O)CSc1ccc(NC(=O)C[n+]2ccccc2)cc1. The van der Waals surface area contributed by atoms with E-state index in [1.807, 2.05) is 59.4 Å². The quantitative estimate of drug-likeness (QED) is 0.658. The van der Waals surface area contributed by atoms with Gasteiger partial charge in [-0.25, -0.2) is 0 Å². The molecule has 0 saturated carbocycles. The molecule has 2 aromatic rings. The molecule has 2 rings (SSSR count). The lowest BCUT2D eigenvalue weighted by atomic mass is 10.3. The average Bonchev–Trinajstić information content (AvgIpc) is 2.47. The highest BCUT2D eigenvalue weighted by Gasteiger charge is 2.08. The van der Waals surface area contributed by atoms with Crippen molar-refractivity contribution in [2.24, 2.45) is 0 Å². The normalized spacial score (nSPS) is 10.1. The van der Waals surface area contributed by atoms with Gasteiger partial charge in [0.1, 0.15) is 5.78 Å². The molecule has 0 bridgehead atoms. The summed E-state index contributed by atoms with van der Waals surface area (Å²) < 4.78 is 1.81. The minimum Gasteiger partial charge on any atom is -0.321 e. The van der Waals surface area contributed by atoms with Crippen molar-refractivity contribution < 1.29 is 14.2 Å². The highest BCUT2D eigenvalue weighted by molar-refractivity contribution is 8.00. The number of carbonyl (C=O) groups excluding carboxylic acids is 2. The molecule has 1 heterocycles. The number of aromatic nitrogens is 1. The number of pyridine rings is 1. The number of nitrogens with one attached hydrogen (secondary N) is 1. The molecule has 0 fully saturated rings. The monoisotopic (exact) mass is 301 g/mol. The molecule has 4 nitrogen and oxygen atoms in total. The van der Waals surface area contributed by atoms with Gasteiger partial charge in [-0.2, -0.15) is 4.57 Å². The van der Waals surface area contributed by atoms with E-state index in [0.29, 0.717) is 5.75 Å². The van der Waals surface area contributed by atoms with E-state index >= 15 is 0 Å². The van der Waals surface area contributed by atoms with Crippen molar-refractivity contribution in [2.45, 2.75) is 18.4 Å². The zero-order valence-corrected chi connectivity index (χ0v) is 12.6. The number of ketones is 1. The summed E-state index contributed by atoms with van der Waals surface area (Å²) in [5.41, 5.74) is 0.753. The van der Waals surface area contributed by atoms with Gasteiger partial charge in [0.25, 0.3) is 5.91 Å². The molecule has 1 amide bonds. The predicted octanol–water partition coefficient (Wildman–Crippen LogP) is 2.29. The number of thioether (sulfide) groups is 1.